The predicted octanol–water partition coefficient (Wildman–Crippen LogP) is 1.55. The quantitative estimate of drug-likeness (QED) is 0.810. The molecule has 3 N–H and O–H groups in total. The first-order chi connectivity index (χ1) is 9.24. The fourth-order valence-corrected chi connectivity index (χ4v) is 2.72. The molecular weight excluding hydrogens is 242 g/mol. The average Bonchev–Trinajstić information content (AvgIpc) is 2.82. The van der Waals surface area contributed by atoms with Gasteiger partial charge in [-0.2, -0.15) is 0 Å². The minimum absolute atomic E-state index is 0.589. The van der Waals surface area contributed by atoms with Crippen molar-refractivity contribution >= 4 is 11.4 Å². The Balaban J connectivity index is 1.70. The number of nitrogens with zero attached hydrogens (tertiary/aromatic N) is 1. The minimum Gasteiger partial charge on any atom is -0.486 e. The monoisotopic (exact) mass is 263 g/mol. The number of benzene rings is 1. The van der Waals surface area contributed by atoms with Gasteiger partial charge in [0.1, 0.15) is 13.2 Å². The molecule has 1 atom stereocenters. The molecule has 1 aromatic carbocycles. The Kier molecular flexibility index (Phi) is 3.38. The van der Waals surface area contributed by atoms with E-state index < -0.39 is 0 Å². The number of rotatable bonds is 3. The zero-order chi connectivity index (χ0) is 13.2. The molecule has 0 spiro atoms. The summed E-state index contributed by atoms with van der Waals surface area (Å²) in [6.07, 6.45) is 2.52. The van der Waals surface area contributed by atoms with Crippen LogP contribution in [0.4, 0.5) is 11.4 Å². The standard InChI is InChI=1S/C14H21N3O2/c1-17-4-2-3-10(17)9-16-12-8-14-13(7-11(12)15)18-5-6-19-14/h7-8,10,16H,2-6,9,15H2,1H3. The number of nitrogen functional groups attached to an aromatic ring is 1. The molecule has 5 nitrogen and oxygen atoms in total. The van der Waals surface area contributed by atoms with Crippen LogP contribution in [0.25, 0.3) is 0 Å². The van der Waals surface area contributed by atoms with Gasteiger partial charge in [-0.1, -0.05) is 0 Å². The van der Waals surface area contributed by atoms with Crippen LogP contribution in [0, 0.1) is 0 Å². The van der Waals surface area contributed by atoms with E-state index in [9.17, 15) is 0 Å². The van der Waals surface area contributed by atoms with Gasteiger partial charge in [-0.25, -0.2) is 0 Å². The van der Waals surface area contributed by atoms with Crippen LogP contribution in [-0.2, 0) is 0 Å². The van der Waals surface area contributed by atoms with E-state index in [-0.39, 0.29) is 0 Å². The summed E-state index contributed by atoms with van der Waals surface area (Å²) in [5, 5.41) is 3.43. The Hall–Kier alpha value is -1.62. The number of fused-ring (bicyclic) bond motifs is 1. The average molecular weight is 263 g/mol. The predicted molar refractivity (Wildman–Crippen MR) is 76.0 cm³/mol. The van der Waals surface area contributed by atoms with Crippen LogP contribution in [-0.4, -0.2) is 44.3 Å². The number of likely N-dealkylation sites (N-methyl/N-ethyl adjacent to an activating group) is 1. The third-order valence-corrected chi connectivity index (χ3v) is 3.91. The smallest absolute Gasteiger partial charge is 0.163 e. The van der Waals surface area contributed by atoms with Crippen molar-refractivity contribution in [2.24, 2.45) is 0 Å². The van der Waals surface area contributed by atoms with Gasteiger partial charge in [0.25, 0.3) is 0 Å². The molecule has 2 aliphatic heterocycles. The molecule has 5 heteroatoms. The second kappa shape index (κ2) is 5.17. The molecule has 0 aliphatic carbocycles. The Morgan fingerprint density at radius 2 is 2.05 bits per heavy atom. The van der Waals surface area contributed by atoms with Gasteiger partial charge in [0.05, 0.1) is 11.4 Å². The molecule has 19 heavy (non-hydrogen) atoms. The van der Waals surface area contributed by atoms with E-state index in [1.807, 2.05) is 12.1 Å². The van der Waals surface area contributed by atoms with Crippen molar-refractivity contribution in [3.05, 3.63) is 12.1 Å². The van der Waals surface area contributed by atoms with Gasteiger partial charge >= 0.3 is 0 Å². The molecule has 2 heterocycles. The van der Waals surface area contributed by atoms with Gasteiger partial charge in [-0.05, 0) is 26.4 Å². The zero-order valence-corrected chi connectivity index (χ0v) is 11.3. The van der Waals surface area contributed by atoms with Crippen molar-refractivity contribution in [3.63, 3.8) is 0 Å². The van der Waals surface area contributed by atoms with Gasteiger partial charge < -0.3 is 25.4 Å². The van der Waals surface area contributed by atoms with E-state index in [1.54, 1.807) is 0 Å². The molecule has 3 rings (SSSR count). The van der Waals surface area contributed by atoms with Crippen LogP contribution in [0.2, 0.25) is 0 Å². The van der Waals surface area contributed by atoms with Gasteiger partial charge in [-0.3, -0.25) is 0 Å². The summed E-state index contributed by atoms with van der Waals surface area (Å²) in [5.41, 5.74) is 7.70. The van der Waals surface area contributed by atoms with E-state index in [1.165, 1.54) is 19.4 Å². The fourth-order valence-electron chi connectivity index (χ4n) is 2.72. The molecule has 1 saturated heterocycles. The number of anilines is 2. The molecule has 0 bridgehead atoms. The molecule has 104 valence electrons. The van der Waals surface area contributed by atoms with E-state index in [4.69, 9.17) is 15.2 Å². The molecule has 2 aliphatic rings. The first kappa shape index (κ1) is 12.4. The molecule has 0 saturated carbocycles. The minimum atomic E-state index is 0.589. The summed E-state index contributed by atoms with van der Waals surface area (Å²) in [7, 11) is 2.17. The molecular formula is C14H21N3O2. The second-order valence-electron chi connectivity index (χ2n) is 5.24. The van der Waals surface area contributed by atoms with Crippen LogP contribution in [0.5, 0.6) is 11.5 Å². The number of nitrogens with two attached hydrogens (primary N) is 1. The highest BCUT2D eigenvalue weighted by Gasteiger charge is 2.21. The molecule has 1 fully saturated rings. The second-order valence-corrected chi connectivity index (χ2v) is 5.24. The highest BCUT2D eigenvalue weighted by molar-refractivity contribution is 5.72. The number of hydrogen-bond acceptors (Lipinski definition) is 5. The third-order valence-electron chi connectivity index (χ3n) is 3.91. The maximum absolute atomic E-state index is 6.05. The molecule has 0 radical (unpaired) electrons. The summed E-state index contributed by atoms with van der Waals surface area (Å²) >= 11 is 0. The highest BCUT2D eigenvalue weighted by atomic mass is 16.6. The zero-order valence-electron chi connectivity index (χ0n) is 11.3. The third kappa shape index (κ3) is 2.56. The van der Waals surface area contributed by atoms with E-state index in [2.05, 4.69) is 17.3 Å². The van der Waals surface area contributed by atoms with Crippen molar-refractivity contribution < 1.29 is 9.47 Å². The van der Waals surface area contributed by atoms with Crippen molar-refractivity contribution in [1.82, 2.24) is 4.90 Å². The molecule has 1 unspecified atom stereocenters. The SMILES string of the molecule is CN1CCCC1CNc1cc2c(cc1N)OCCO2. The summed E-state index contributed by atoms with van der Waals surface area (Å²) in [6, 6.07) is 4.38. The van der Waals surface area contributed by atoms with Crippen LogP contribution in [0.3, 0.4) is 0 Å². The summed E-state index contributed by atoms with van der Waals surface area (Å²) in [5.74, 6) is 1.52. The topological polar surface area (TPSA) is 59.8 Å². The Morgan fingerprint density at radius 1 is 1.32 bits per heavy atom. The van der Waals surface area contributed by atoms with E-state index >= 15 is 0 Å². The lowest BCUT2D eigenvalue weighted by Crippen LogP contribution is -2.31. The van der Waals surface area contributed by atoms with Gasteiger partial charge in [0.15, 0.2) is 11.5 Å². The lowest BCUT2D eigenvalue weighted by atomic mass is 10.2. The Labute approximate surface area is 113 Å². The normalized spacial score (nSPS) is 22.5. The number of likely N-dealkylation sites (tertiary alicyclic amines) is 1. The van der Waals surface area contributed by atoms with Crippen molar-refractivity contribution in [3.8, 4) is 11.5 Å². The highest BCUT2D eigenvalue weighted by Crippen LogP contribution is 2.37. The summed E-state index contributed by atoms with van der Waals surface area (Å²) < 4.78 is 11.1. The lowest BCUT2D eigenvalue weighted by Gasteiger charge is -2.23. The van der Waals surface area contributed by atoms with Gasteiger partial charge in [0.2, 0.25) is 0 Å². The van der Waals surface area contributed by atoms with Crippen LogP contribution < -0.4 is 20.5 Å². The number of nitrogens with one attached hydrogen (secondary N) is 1. The summed E-state index contributed by atoms with van der Waals surface area (Å²) in [4.78, 5) is 2.39. The van der Waals surface area contributed by atoms with Crippen LogP contribution in [0.1, 0.15) is 12.8 Å². The van der Waals surface area contributed by atoms with Gasteiger partial charge in [0, 0.05) is 24.7 Å². The first-order valence-corrected chi connectivity index (χ1v) is 6.87. The van der Waals surface area contributed by atoms with Crippen molar-refractivity contribution in [2.45, 2.75) is 18.9 Å². The van der Waals surface area contributed by atoms with E-state index in [0.717, 1.165) is 23.7 Å². The van der Waals surface area contributed by atoms with Crippen molar-refractivity contribution in [1.29, 1.82) is 0 Å². The largest absolute Gasteiger partial charge is 0.486 e. The van der Waals surface area contributed by atoms with Crippen LogP contribution >= 0.6 is 0 Å². The Morgan fingerprint density at radius 3 is 2.74 bits per heavy atom. The molecule has 0 amide bonds. The molecule has 0 aromatic heterocycles. The van der Waals surface area contributed by atoms with E-state index in [0.29, 0.717) is 24.9 Å². The van der Waals surface area contributed by atoms with Gasteiger partial charge in [-0.15, -0.1) is 0 Å². The molecule has 1 aromatic rings. The maximum Gasteiger partial charge on any atom is 0.163 e. The number of ether oxygens (including phenoxy) is 2. The van der Waals surface area contributed by atoms with Crippen LogP contribution in [0.15, 0.2) is 12.1 Å². The van der Waals surface area contributed by atoms with Crippen molar-refractivity contribution in [2.75, 3.05) is 44.4 Å². The summed E-state index contributed by atoms with van der Waals surface area (Å²) in [6.45, 7) is 3.29. The number of hydrogen-bond donors (Lipinski definition) is 2. The fraction of sp³-hybridized carbons (Fsp3) is 0.571. The first-order valence-electron chi connectivity index (χ1n) is 6.87. The lowest BCUT2D eigenvalue weighted by molar-refractivity contribution is 0.172. The maximum atomic E-state index is 6.05. The Bertz CT molecular complexity index is 464.